The van der Waals surface area contributed by atoms with Crippen LogP contribution in [0.1, 0.15) is 72.6 Å². The minimum absolute atomic E-state index is 0.00313. The molecule has 5 aliphatic rings. The number of carbonyl (C=O) groups is 3. The number of fused-ring (bicyclic) bond motifs is 5. The molecule has 11 atom stereocenters. The SMILES string of the molecule is CC1CCCCC1OC(=O)O[C@@]1(C(=O)O)[C@H](C)C[C@H]2[C@@H]3C[C@H](F)C4=CC(=O)C=C[C@]4(C)C3(F)[C@@H](O)C[C@@]21C. The molecule has 0 radical (unpaired) electrons. The minimum Gasteiger partial charge on any atom is -0.478 e. The Hall–Kier alpha value is -2.29. The first-order chi connectivity index (χ1) is 17.7. The maximum atomic E-state index is 17.3. The van der Waals surface area contributed by atoms with Crippen molar-refractivity contribution in [3.63, 3.8) is 0 Å². The third-order valence-electron chi connectivity index (χ3n) is 11.0. The molecule has 0 aliphatic heterocycles. The molecule has 38 heavy (non-hydrogen) atoms. The molecule has 0 spiro atoms. The van der Waals surface area contributed by atoms with Crippen LogP contribution in [0.5, 0.6) is 0 Å². The molecule has 4 saturated carbocycles. The number of alkyl halides is 2. The highest BCUT2D eigenvalue weighted by atomic mass is 19.1. The number of allylic oxidation sites excluding steroid dienone is 4. The number of ketones is 1. The number of hydrogen-bond acceptors (Lipinski definition) is 6. The van der Waals surface area contributed by atoms with Gasteiger partial charge in [0, 0.05) is 22.7 Å². The van der Waals surface area contributed by atoms with E-state index in [1.54, 1.807) is 13.8 Å². The quantitative estimate of drug-likeness (QED) is 0.483. The summed E-state index contributed by atoms with van der Waals surface area (Å²) in [6.45, 7) is 6.72. The van der Waals surface area contributed by atoms with Crippen molar-refractivity contribution in [3.05, 3.63) is 23.8 Å². The van der Waals surface area contributed by atoms with Crippen molar-refractivity contribution in [1.29, 1.82) is 0 Å². The molecule has 0 aromatic carbocycles. The van der Waals surface area contributed by atoms with Crippen LogP contribution in [0.25, 0.3) is 0 Å². The summed E-state index contributed by atoms with van der Waals surface area (Å²) in [5, 5.41) is 22.0. The van der Waals surface area contributed by atoms with Crippen molar-refractivity contribution in [1.82, 2.24) is 0 Å². The number of ether oxygens (including phenoxy) is 2. The molecule has 7 nitrogen and oxygen atoms in total. The molecule has 4 fully saturated rings. The predicted octanol–water partition coefficient (Wildman–Crippen LogP) is 5.11. The number of carboxylic acid groups (broad SMARTS) is 1. The summed E-state index contributed by atoms with van der Waals surface area (Å²) in [4.78, 5) is 38.1. The molecule has 0 saturated heterocycles. The van der Waals surface area contributed by atoms with E-state index in [2.05, 4.69) is 0 Å². The van der Waals surface area contributed by atoms with E-state index >= 15 is 8.78 Å². The molecular weight excluding hydrogens is 498 g/mol. The normalized spacial score (nSPS) is 49.8. The second-order valence-electron chi connectivity index (χ2n) is 12.8. The lowest BCUT2D eigenvalue weighted by Gasteiger charge is -2.62. The average Bonchev–Trinajstić information content (AvgIpc) is 3.06. The van der Waals surface area contributed by atoms with Gasteiger partial charge in [-0.15, -0.1) is 0 Å². The number of carboxylic acids is 1. The first kappa shape index (κ1) is 27.3. The third-order valence-corrected chi connectivity index (χ3v) is 11.0. The lowest BCUT2D eigenvalue weighted by atomic mass is 9.44. The zero-order valence-electron chi connectivity index (χ0n) is 22.4. The van der Waals surface area contributed by atoms with Gasteiger partial charge in [0.15, 0.2) is 11.5 Å². The highest BCUT2D eigenvalue weighted by Crippen LogP contribution is 2.71. The van der Waals surface area contributed by atoms with Crippen LogP contribution >= 0.6 is 0 Å². The van der Waals surface area contributed by atoms with Crippen LogP contribution < -0.4 is 0 Å². The molecule has 210 valence electrons. The van der Waals surface area contributed by atoms with E-state index in [9.17, 15) is 24.6 Å². The second kappa shape index (κ2) is 8.86. The fourth-order valence-electron chi connectivity index (χ4n) is 8.98. The maximum Gasteiger partial charge on any atom is 0.509 e. The van der Waals surface area contributed by atoms with Crippen LogP contribution in [0.4, 0.5) is 13.6 Å². The molecule has 5 aliphatic carbocycles. The van der Waals surface area contributed by atoms with E-state index in [4.69, 9.17) is 9.47 Å². The van der Waals surface area contributed by atoms with Gasteiger partial charge >= 0.3 is 12.1 Å². The molecule has 5 rings (SSSR count). The Morgan fingerprint density at radius 2 is 1.79 bits per heavy atom. The Morgan fingerprint density at radius 3 is 2.45 bits per heavy atom. The molecule has 2 N–H and O–H groups in total. The first-order valence-electron chi connectivity index (χ1n) is 13.8. The van der Waals surface area contributed by atoms with E-state index in [0.29, 0.717) is 6.42 Å². The van der Waals surface area contributed by atoms with Gasteiger partial charge < -0.3 is 19.7 Å². The molecule has 0 bridgehead atoms. The Balaban J connectivity index is 1.52. The van der Waals surface area contributed by atoms with Gasteiger partial charge in [-0.25, -0.2) is 18.4 Å². The number of aliphatic hydroxyl groups is 1. The first-order valence-corrected chi connectivity index (χ1v) is 13.8. The zero-order chi connectivity index (χ0) is 27.8. The van der Waals surface area contributed by atoms with Gasteiger partial charge in [0.05, 0.1) is 6.10 Å². The monoisotopic (exact) mass is 536 g/mol. The van der Waals surface area contributed by atoms with Crippen LogP contribution in [0.15, 0.2) is 23.8 Å². The number of carbonyl (C=O) groups excluding carboxylic acids is 2. The van der Waals surface area contributed by atoms with Crippen LogP contribution in [-0.2, 0) is 19.1 Å². The number of rotatable bonds is 3. The lowest BCUT2D eigenvalue weighted by Crippen LogP contribution is -2.71. The molecule has 0 aromatic rings. The Kier molecular flexibility index (Phi) is 6.36. The lowest BCUT2D eigenvalue weighted by molar-refractivity contribution is -0.232. The van der Waals surface area contributed by atoms with E-state index in [0.717, 1.165) is 25.3 Å². The predicted molar refractivity (Wildman–Crippen MR) is 133 cm³/mol. The van der Waals surface area contributed by atoms with Crippen molar-refractivity contribution in [2.24, 2.45) is 34.5 Å². The van der Waals surface area contributed by atoms with Crippen molar-refractivity contribution in [3.8, 4) is 0 Å². The van der Waals surface area contributed by atoms with Gasteiger partial charge in [-0.3, -0.25) is 4.79 Å². The van der Waals surface area contributed by atoms with E-state index in [1.807, 2.05) is 6.92 Å². The minimum atomic E-state index is -2.34. The largest absolute Gasteiger partial charge is 0.509 e. The van der Waals surface area contributed by atoms with Gasteiger partial charge in [0.1, 0.15) is 12.3 Å². The van der Waals surface area contributed by atoms with Crippen LogP contribution in [0.2, 0.25) is 0 Å². The van der Waals surface area contributed by atoms with E-state index in [-0.39, 0.29) is 36.9 Å². The standard InChI is InChI=1S/C29H38F2O7/c1-15-7-5-6-8-22(15)37-25(36)38-29(24(34)35)16(2)11-18-19-13-21(30)20-12-17(32)9-10-26(20,3)28(19,31)23(33)14-27(18,29)4/h9-10,12,15-16,18-19,21-23,33H,5-8,11,13-14H2,1-4H3,(H,34,35)/t15?,16-,18+,19+,21+,22?,23+,26+,27+,28?,29-/m1/s1. The summed E-state index contributed by atoms with van der Waals surface area (Å²) in [7, 11) is 0. The van der Waals surface area contributed by atoms with Gasteiger partial charge in [-0.1, -0.05) is 33.3 Å². The summed E-state index contributed by atoms with van der Waals surface area (Å²) < 4.78 is 44.3. The van der Waals surface area contributed by atoms with Crippen LogP contribution in [0, 0.1) is 34.5 Å². The third kappa shape index (κ3) is 3.42. The van der Waals surface area contributed by atoms with Crippen molar-refractivity contribution < 1.29 is 42.9 Å². The fraction of sp³-hybridized carbons (Fsp3) is 0.759. The summed E-state index contributed by atoms with van der Waals surface area (Å²) >= 11 is 0. The molecule has 0 amide bonds. The highest BCUT2D eigenvalue weighted by Gasteiger charge is 2.78. The van der Waals surface area contributed by atoms with Gasteiger partial charge in [0.2, 0.25) is 5.60 Å². The molecule has 0 heterocycles. The fourth-order valence-corrected chi connectivity index (χ4v) is 8.98. The van der Waals surface area contributed by atoms with E-state index < -0.39 is 70.0 Å². The highest BCUT2D eigenvalue weighted by molar-refractivity contribution is 6.01. The van der Waals surface area contributed by atoms with Crippen molar-refractivity contribution in [2.45, 2.75) is 102 Å². The summed E-state index contributed by atoms with van der Waals surface area (Å²) in [6, 6.07) is 0. The summed E-state index contributed by atoms with van der Waals surface area (Å²) in [5.74, 6) is -4.21. The zero-order valence-corrected chi connectivity index (χ0v) is 22.4. The van der Waals surface area contributed by atoms with Crippen LogP contribution in [-0.4, -0.2) is 57.8 Å². The summed E-state index contributed by atoms with van der Waals surface area (Å²) in [6.07, 6.45) is 1.93. The summed E-state index contributed by atoms with van der Waals surface area (Å²) in [5.41, 5.74) is -7.38. The number of halogens is 2. The van der Waals surface area contributed by atoms with Crippen molar-refractivity contribution in [2.75, 3.05) is 0 Å². The number of aliphatic hydroxyl groups excluding tert-OH is 1. The maximum absolute atomic E-state index is 17.3. The van der Waals surface area contributed by atoms with Crippen LogP contribution in [0.3, 0.4) is 0 Å². The van der Waals surface area contributed by atoms with E-state index in [1.165, 1.54) is 19.1 Å². The number of aliphatic carboxylic acids is 1. The molecule has 9 heteroatoms. The molecule has 3 unspecified atom stereocenters. The van der Waals surface area contributed by atoms with Gasteiger partial charge in [0.25, 0.3) is 0 Å². The topological polar surface area (TPSA) is 110 Å². The van der Waals surface area contributed by atoms with Gasteiger partial charge in [-0.05, 0) is 75.0 Å². The molecule has 0 aromatic heterocycles. The smallest absolute Gasteiger partial charge is 0.478 e. The Labute approximate surface area is 221 Å². The Bertz CT molecular complexity index is 1100. The number of hydrogen-bond donors (Lipinski definition) is 2. The second-order valence-corrected chi connectivity index (χ2v) is 12.8. The van der Waals surface area contributed by atoms with Crippen molar-refractivity contribution >= 4 is 17.9 Å². The Morgan fingerprint density at radius 1 is 1.11 bits per heavy atom. The van der Waals surface area contributed by atoms with Gasteiger partial charge in [-0.2, -0.15) is 0 Å². The average molecular weight is 537 g/mol. The molecular formula is C29H38F2O7.